The Labute approximate surface area is 199 Å². The predicted molar refractivity (Wildman–Crippen MR) is 130 cm³/mol. The van der Waals surface area contributed by atoms with Crippen LogP contribution in [0.4, 0.5) is 5.82 Å². The van der Waals surface area contributed by atoms with Gasteiger partial charge in [0.15, 0.2) is 5.82 Å². The van der Waals surface area contributed by atoms with Crippen molar-refractivity contribution >= 4 is 5.82 Å². The van der Waals surface area contributed by atoms with E-state index in [-0.39, 0.29) is 0 Å². The van der Waals surface area contributed by atoms with Gasteiger partial charge in [-0.15, -0.1) is 0 Å². The summed E-state index contributed by atoms with van der Waals surface area (Å²) in [7, 11) is 1.90. The quantitative estimate of drug-likeness (QED) is 0.420. The second kappa shape index (κ2) is 9.64. The van der Waals surface area contributed by atoms with E-state index in [1.807, 2.05) is 37.8 Å². The van der Waals surface area contributed by atoms with Gasteiger partial charge in [-0.2, -0.15) is 20.2 Å². The summed E-state index contributed by atoms with van der Waals surface area (Å²) in [6, 6.07) is 10.7. The Morgan fingerprint density at radius 3 is 2.65 bits per heavy atom. The molecular formula is C25H29N7O2. The van der Waals surface area contributed by atoms with Crippen LogP contribution in [0.1, 0.15) is 16.7 Å². The fourth-order valence-corrected chi connectivity index (χ4v) is 4.01. The van der Waals surface area contributed by atoms with E-state index in [1.165, 1.54) is 11.1 Å². The lowest BCUT2D eigenvalue weighted by Crippen LogP contribution is -2.37. The maximum atomic E-state index is 5.98. The first-order valence-electron chi connectivity index (χ1n) is 11.5. The fraction of sp³-hybridized carbons (Fsp3) is 0.360. The van der Waals surface area contributed by atoms with Gasteiger partial charge in [0, 0.05) is 50.6 Å². The van der Waals surface area contributed by atoms with Crippen LogP contribution >= 0.6 is 0 Å². The Morgan fingerprint density at radius 1 is 1.03 bits per heavy atom. The molecular weight excluding hydrogens is 430 g/mol. The predicted octanol–water partition coefficient (Wildman–Crippen LogP) is 3.14. The van der Waals surface area contributed by atoms with E-state index in [0.29, 0.717) is 31.6 Å². The van der Waals surface area contributed by atoms with E-state index in [0.717, 1.165) is 42.1 Å². The third kappa shape index (κ3) is 4.94. The van der Waals surface area contributed by atoms with Gasteiger partial charge in [-0.3, -0.25) is 4.68 Å². The highest BCUT2D eigenvalue weighted by Crippen LogP contribution is 2.25. The molecule has 0 unspecified atom stereocenters. The topological polar surface area (TPSA) is 83.1 Å². The number of morpholine rings is 1. The first kappa shape index (κ1) is 22.1. The molecule has 0 aliphatic carbocycles. The molecule has 0 radical (unpaired) electrons. The van der Waals surface area contributed by atoms with Crippen molar-refractivity contribution < 1.29 is 9.47 Å². The zero-order chi connectivity index (χ0) is 23.5. The molecule has 4 aromatic rings. The average Bonchev–Trinajstić information content (AvgIpc) is 3.50. The second-order valence-electron chi connectivity index (χ2n) is 8.55. The van der Waals surface area contributed by atoms with Crippen LogP contribution in [0.15, 0.2) is 48.9 Å². The Bertz CT molecular complexity index is 1270. The SMILES string of the molecule is Cc1ccc(C)c(-c2ccn(-c3cc(N4CCOCC4)nc(OCCc4cnn(C)c4)n3)n2)c1. The largest absolute Gasteiger partial charge is 0.463 e. The number of nitrogens with zero attached hydrogens (tertiary/aromatic N) is 7. The first-order chi connectivity index (χ1) is 16.5. The summed E-state index contributed by atoms with van der Waals surface area (Å²) in [5.41, 5.74) is 5.53. The summed E-state index contributed by atoms with van der Waals surface area (Å²) in [5.74, 6) is 1.48. The van der Waals surface area contributed by atoms with Crippen LogP contribution in [0, 0.1) is 13.8 Å². The van der Waals surface area contributed by atoms with Crippen molar-refractivity contribution in [3.63, 3.8) is 0 Å². The van der Waals surface area contributed by atoms with Gasteiger partial charge in [0.25, 0.3) is 0 Å². The minimum absolute atomic E-state index is 0.340. The molecule has 3 aromatic heterocycles. The van der Waals surface area contributed by atoms with Gasteiger partial charge in [-0.25, -0.2) is 4.68 Å². The van der Waals surface area contributed by atoms with Crippen LogP contribution in [-0.4, -0.2) is 62.4 Å². The highest BCUT2D eigenvalue weighted by atomic mass is 16.5. The number of aromatic nitrogens is 6. The number of hydrogen-bond donors (Lipinski definition) is 0. The average molecular weight is 460 g/mol. The summed E-state index contributed by atoms with van der Waals surface area (Å²) in [5, 5.41) is 9.04. The highest BCUT2D eigenvalue weighted by molar-refractivity contribution is 5.64. The smallest absolute Gasteiger partial charge is 0.320 e. The normalized spacial score (nSPS) is 13.9. The standard InChI is InChI=1S/C25H29N7O2/c1-18-4-5-19(2)21(14-18)22-6-8-32(29-22)24-15-23(31-9-12-33-13-10-31)27-25(28-24)34-11-7-20-16-26-30(3)17-20/h4-6,8,14-17H,7,9-13H2,1-3H3. The third-order valence-corrected chi connectivity index (χ3v) is 5.89. The molecule has 0 bridgehead atoms. The number of aryl methyl sites for hydroxylation is 3. The monoisotopic (exact) mass is 459 g/mol. The van der Waals surface area contributed by atoms with Crippen molar-refractivity contribution in [1.29, 1.82) is 0 Å². The van der Waals surface area contributed by atoms with Crippen LogP contribution in [0.3, 0.4) is 0 Å². The fourth-order valence-electron chi connectivity index (χ4n) is 4.01. The van der Waals surface area contributed by atoms with Crippen LogP contribution in [0.5, 0.6) is 6.01 Å². The van der Waals surface area contributed by atoms with Crippen LogP contribution in [-0.2, 0) is 18.2 Å². The molecule has 0 atom stereocenters. The Hall–Kier alpha value is -3.72. The summed E-state index contributed by atoms with van der Waals surface area (Å²) in [6.07, 6.45) is 6.49. The second-order valence-corrected chi connectivity index (χ2v) is 8.55. The van der Waals surface area contributed by atoms with E-state index in [9.17, 15) is 0 Å². The summed E-state index contributed by atoms with van der Waals surface area (Å²) >= 11 is 0. The van der Waals surface area contributed by atoms with Crippen LogP contribution in [0.25, 0.3) is 17.1 Å². The lowest BCUT2D eigenvalue weighted by molar-refractivity contribution is 0.122. The molecule has 1 fully saturated rings. The first-order valence-corrected chi connectivity index (χ1v) is 11.5. The van der Waals surface area contributed by atoms with Gasteiger partial charge in [-0.1, -0.05) is 17.7 Å². The van der Waals surface area contributed by atoms with Crippen molar-refractivity contribution in [2.75, 3.05) is 37.8 Å². The number of ether oxygens (including phenoxy) is 2. The zero-order valence-electron chi connectivity index (χ0n) is 19.8. The molecule has 9 heteroatoms. The van der Waals surface area contributed by atoms with Crippen molar-refractivity contribution in [2.24, 2.45) is 7.05 Å². The molecule has 34 heavy (non-hydrogen) atoms. The summed E-state index contributed by atoms with van der Waals surface area (Å²) < 4.78 is 15.1. The Morgan fingerprint density at radius 2 is 1.85 bits per heavy atom. The van der Waals surface area contributed by atoms with Gasteiger partial charge in [0.2, 0.25) is 0 Å². The molecule has 5 rings (SSSR count). The van der Waals surface area contributed by atoms with E-state index in [2.05, 4.69) is 52.0 Å². The molecule has 9 nitrogen and oxygen atoms in total. The summed E-state index contributed by atoms with van der Waals surface area (Å²) in [4.78, 5) is 11.5. The minimum atomic E-state index is 0.340. The molecule has 1 saturated heterocycles. The maximum absolute atomic E-state index is 5.98. The summed E-state index contributed by atoms with van der Waals surface area (Å²) in [6.45, 7) is 7.56. The number of anilines is 1. The van der Waals surface area contributed by atoms with Gasteiger partial charge < -0.3 is 14.4 Å². The molecule has 0 saturated carbocycles. The van der Waals surface area contributed by atoms with Crippen LogP contribution in [0.2, 0.25) is 0 Å². The molecule has 0 amide bonds. The Balaban J connectivity index is 1.43. The number of benzene rings is 1. The van der Waals surface area contributed by atoms with Crippen LogP contribution < -0.4 is 9.64 Å². The van der Waals surface area contributed by atoms with Crippen molar-refractivity contribution in [3.8, 4) is 23.1 Å². The molecule has 4 heterocycles. The van der Waals surface area contributed by atoms with E-state index in [1.54, 1.807) is 9.36 Å². The number of rotatable bonds is 7. The van der Waals surface area contributed by atoms with E-state index in [4.69, 9.17) is 14.6 Å². The molecule has 0 spiro atoms. The van der Waals surface area contributed by atoms with Crippen molar-refractivity contribution in [3.05, 3.63) is 65.6 Å². The third-order valence-electron chi connectivity index (χ3n) is 5.89. The Kier molecular flexibility index (Phi) is 6.27. The zero-order valence-corrected chi connectivity index (χ0v) is 19.8. The minimum Gasteiger partial charge on any atom is -0.463 e. The molecule has 1 aliphatic heterocycles. The van der Waals surface area contributed by atoms with Gasteiger partial charge in [0.1, 0.15) is 5.82 Å². The lowest BCUT2D eigenvalue weighted by atomic mass is 10.0. The van der Waals surface area contributed by atoms with Gasteiger partial charge in [0.05, 0.1) is 31.7 Å². The molecule has 0 N–H and O–H groups in total. The van der Waals surface area contributed by atoms with Crippen molar-refractivity contribution in [1.82, 2.24) is 29.5 Å². The lowest BCUT2D eigenvalue weighted by Gasteiger charge is -2.28. The van der Waals surface area contributed by atoms with Gasteiger partial charge >= 0.3 is 6.01 Å². The van der Waals surface area contributed by atoms with Gasteiger partial charge in [-0.05, 0) is 37.1 Å². The maximum Gasteiger partial charge on any atom is 0.320 e. The highest BCUT2D eigenvalue weighted by Gasteiger charge is 2.17. The molecule has 176 valence electrons. The molecule has 1 aromatic carbocycles. The molecule has 1 aliphatic rings. The van der Waals surface area contributed by atoms with Crippen molar-refractivity contribution in [2.45, 2.75) is 20.3 Å². The number of hydrogen-bond acceptors (Lipinski definition) is 7. The van der Waals surface area contributed by atoms with E-state index >= 15 is 0 Å². The van der Waals surface area contributed by atoms with E-state index < -0.39 is 0 Å².